The van der Waals surface area contributed by atoms with E-state index in [1.165, 1.54) is 44.9 Å². The summed E-state index contributed by atoms with van der Waals surface area (Å²) in [7, 11) is 1.58. The Morgan fingerprint density at radius 3 is 1.60 bits per heavy atom. The van der Waals surface area contributed by atoms with E-state index in [0.717, 1.165) is 89.9 Å². The topological polar surface area (TPSA) is 105 Å². The standard InChI is InChI=1S/C46H83N2O6P/c1-6-8-10-12-14-16-18-19-20-21-22-23-24-25-26-27-28-29-30-32-34-36-38-40-46(50)47-44(43-54-55(51,52)53-42-41-48(3,4)5)45(49)39-37-35-33-31-17-15-13-11-9-7-2/h8,10,14,16,19-20,22-23,25-26,28-29,44-45,49H,6-7,9,11-13,15,17-18,21,24,27,30-43H2,1-5H3,(H-,47,50,51,52)/p+1/b10-8-,16-14-,20-19-,23-22-,26-25-,29-28-. The Bertz CT molecular complexity index is 1120. The van der Waals surface area contributed by atoms with Gasteiger partial charge in [-0.15, -0.1) is 0 Å². The van der Waals surface area contributed by atoms with Crippen LogP contribution in [0.1, 0.15) is 162 Å². The summed E-state index contributed by atoms with van der Waals surface area (Å²) in [6.07, 6.45) is 49.3. The van der Waals surface area contributed by atoms with Crippen molar-refractivity contribution >= 4 is 13.7 Å². The summed E-state index contributed by atoms with van der Waals surface area (Å²) in [6.45, 7) is 4.71. The highest BCUT2D eigenvalue weighted by atomic mass is 31.2. The number of nitrogens with zero attached hydrogens (tertiary/aromatic N) is 1. The lowest BCUT2D eigenvalue weighted by Gasteiger charge is -2.26. The molecule has 0 aromatic rings. The maximum absolute atomic E-state index is 12.9. The fourth-order valence-electron chi connectivity index (χ4n) is 5.75. The Morgan fingerprint density at radius 1 is 0.636 bits per heavy atom. The average molecular weight is 792 g/mol. The van der Waals surface area contributed by atoms with Crippen molar-refractivity contribution in [3.8, 4) is 0 Å². The van der Waals surface area contributed by atoms with E-state index in [2.05, 4.69) is 92.1 Å². The van der Waals surface area contributed by atoms with Gasteiger partial charge in [-0.1, -0.05) is 164 Å². The van der Waals surface area contributed by atoms with Crippen LogP contribution in [-0.2, 0) is 18.4 Å². The molecule has 0 saturated carbocycles. The Balaban J connectivity index is 4.37. The van der Waals surface area contributed by atoms with Gasteiger partial charge in [0, 0.05) is 6.42 Å². The Hall–Kier alpha value is -2.06. The van der Waals surface area contributed by atoms with Gasteiger partial charge in [-0.2, -0.15) is 0 Å². The van der Waals surface area contributed by atoms with E-state index < -0.39 is 20.0 Å². The first-order chi connectivity index (χ1) is 26.5. The normalized spacial score (nSPS) is 15.1. The molecule has 318 valence electrons. The molecule has 0 aliphatic rings. The zero-order valence-corrected chi connectivity index (χ0v) is 36.8. The van der Waals surface area contributed by atoms with Crippen molar-refractivity contribution in [1.29, 1.82) is 0 Å². The van der Waals surface area contributed by atoms with Crippen LogP contribution in [0.2, 0.25) is 0 Å². The number of hydrogen-bond donors (Lipinski definition) is 3. The Morgan fingerprint density at radius 2 is 1.09 bits per heavy atom. The summed E-state index contributed by atoms with van der Waals surface area (Å²) in [4.78, 5) is 23.1. The van der Waals surface area contributed by atoms with Crippen molar-refractivity contribution in [3.05, 3.63) is 72.9 Å². The van der Waals surface area contributed by atoms with Crippen molar-refractivity contribution < 1.29 is 32.9 Å². The number of amides is 1. The summed E-state index contributed by atoms with van der Waals surface area (Å²) < 4.78 is 23.5. The smallest absolute Gasteiger partial charge is 0.391 e. The van der Waals surface area contributed by atoms with Gasteiger partial charge in [0.15, 0.2) is 0 Å². The summed E-state index contributed by atoms with van der Waals surface area (Å²) in [6, 6.07) is -0.776. The van der Waals surface area contributed by atoms with Crippen molar-refractivity contribution in [2.45, 2.75) is 174 Å². The van der Waals surface area contributed by atoms with E-state index in [4.69, 9.17) is 9.05 Å². The molecule has 3 unspecified atom stereocenters. The quantitative estimate of drug-likeness (QED) is 0.0249. The second kappa shape index (κ2) is 37.5. The first-order valence-electron chi connectivity index (χ1n) is 21.8. The molecular formula is C46H84N2O6P+. The van der Waals surface area contributed by atoms with E-state index in [-0.39, 0.29) is 19.1 Å². The molecule has 0 aromatic heterocycles. The maximum atomic E-state index is 12.9. The average Bonchev–Trinajstić information content (AvgIpc) is 3.13. The number of nitrogens with one attached hydrogen (secondary N) is 1. The first-order valence-corrected chi connectivity index (χ1v) is 23.3. The largest absolute Gasteiger partial charge is 0.472 e. The second-order valence-corrected chi connectivity index (χ2v) is 17.1. The molecule has 1 amide bonds. The Kier molecular flexibility index (Phi) is 36.1. The minimum Gasteiger partial charge on any atom is -0.391 e. The third-order valence-electron chi connectivity index (χ3n) is 9.22. The van der Waals surface area contributed by atoms with Crippen LogP contribution in [0.4, 0.5) is 0 Å². The number of rotatable bonds is 38. The van der Waals surface area contributed by atoms with Crippen molar-refractivity contribution in [3.63, 3.8) is 0 Å². The molecule has 0 spiro atoms. The Labute approximate surface area is 338 Å². The predicted molar refractivity (Wildman–Crippen MR) is 235 cm³/mol. The molecule has 0 saturated heterocycles. The van der Waals surface area contributed by atoms with Crippen molar-refractivity contribution in [2.75, 3.05) is 40.9 Å². The third-order valence-corrected chi connectivity index (χ3v) is 10.2. The molecule has 3 atom stereocenters. The number of phosphoric ester groups is 1. The molecule has 0 heterocycles. The minimum atomic E-state index is -4.32. The number of allylic oxidation sites excluding steroid dienone is 12. The summed E-state index contributed by atoms with van der Waals surface area (Å²) >= 11 is 0. The molecule has 0 fully saturated rings. The lowest BCUT2D eigenvalue weighted by molar-refractivity contribution is -0.870. The molecule has 9 heteroatoms. The lowest BCUT2D eigenvalue weighted by Crippen LogP contribution is -2.46. The van der Waals surface area contributed by atoms with Gasteiger partial charge in [-0.05, 0) is 64.2 Å². The summed E-state index contributed by atoms with van der Waals surface area (Å²) in [5, 5.41) is 13.9. The molecular weight excluding hydrogens is 707 g/mol. The van der Waals surface area contributed by atoms with E-state index in [9.17, 15) is 19.4 Å². The fourth-order valence-corrected chi connectivity index (χ4v) is 6.49. The van der Waals surface area contributed by atoms with Crippen LogP contribution in [-0.4, -0.2) is 73.4 Å². The summed E-state index contributed by atoms with van der Waals surface area (Å²) in [5.41, 5.74) is 0. The number of carbonyl (C=O) groups excluding carboxylic acids is 1. The molecule has 8 nitrogen and oxygen atoms in total. The van der Waals surface area contributed by atoms with Crippen LogP contribution >= 0.6 is 7.82 Å². The number of quaternary nitrogens is 1. The third kappa shape index (κ3) is 40.0. The zero-order valence-electron chi connectivity index (χ0n) is 35.9. The van der Waals surface area contributed by atoms with Gasteiger partial charge in [-0.3, -0.25) is 13.8 Å². The van der Waals surface area contributed by atoms with Crippen molar-refractivity contribution in [1.82, 2.24) is 5.32 Å². The monoisotopic (exact) mass is 792 g/mol. The van der Waals surface area contributed by atoms with Gasteiger partial charge in [0.1, 0.15) is 13.2 Å². The molecule has 55 heavy (non-hydrogen) atoms. The van der Waals surface area contributed by atoms with Crippen LogP contribution in [0.15, 0.2) is 72.9 Å². The number of hydrogen-bond acceptors (Lipinski definition) is 5. The van der Waals surface area contributed by atoms with E-state index in [1.807, 2.05) is 21.1 Å². The van der Waals surface area contributed by atoms with Gasteiger partial charge in [0.2, 0.25) is 5.91 Å². The lowest BCUT2D eigenvalue weighted by atomic mass is 10.0. The van der Waals surface area contributed by atoms with Gasteiger partial charge in [0.05, 0.1) is 39.9 Å². The van der Waals surface area contributed by atoms with Crippen LogP contribution in [0.3, 0.4) is 0 Å². The molecule has 0 bridgehead atoms. The van der Waals surface area contributed by atoms with E-state index >= 15 is 0 Å². The SMILES string of the molecule is CC/C=C\C/C=C\C/C=C\C/C=C\C/C=C\C/C=C\CCCCCCC(=O)NC(COP(=O)(O)OCC[N+](C)(C)C)C(O)CCCCCCCCCCCC. The van der Waals surface area contributed by atoms with Crippen LogP contribution in [0, 0.1) is 0 Å². The summed E-state index contributed by atoms with van der Waals surface area (Å²) in [5.74, 6) is -0.175. The molecule has 0 aromatic carbocycles. The highest BCUT2D eigenvalue weighted by Gasteiger charge is 2.28. The molecule has 3 N–H and O–H groups in total. The first kappa shape index (κ1) is 52.9. The van der Waals surface area contributed by atoms with Crippen molar-refractivity contribution in [2.24, 2.45) is 0 Å². The van der Waals surface area contributed by atoms with Crippen LogP contribution in [0.5, 0.6) is 0 Å². The number of unbranched alkanes of at least 4 members (excludes halogenated alkanes) is 13. The number of carbonyl (C=O) groups is 1. The molecule has 0 radical (unpaired) electrons. The van der Waals surface area contributed by atoms with Crippen LogP contribution in [0.25, 0.3) is 0 Å². The van der Waals surface area contributed by atoms with Gasteiger partial charge < -0.3 is 19.8 Å². The van der Waals surface area contributed by atoms with Crippen LogP contribution < -0.4 is 5.32 Å². The highest BCUT2D eigenvalue weighted by molar-refractivity contribution is 7.47. The number of phosphoric acid groups is 1. The number of likely N-dealkylation sites (N-methyl/N-ethyl adjacent to an activating group) is 1. The number of aliphatic hydroxyl groups excluding tert-OH is 1. The second-order valence-electron chi connectivity index (χ2n) is 15.7. The molecule has 0 rings (SSSR count). The minimum absolute atomic E-state index is 0.0650. The molecule has 0 aliphatic carbocycles. The fraction of sp³-hybridized carbons (Fsp3) is 0.717. The zero-order chi connectivity index (χ0) is 40.7. The van der Waals surface area contributed by atoms with E-state index in [0.29, 0.717) is 23.9 Å². The molecule has 0 aliphatic heterocycles. The van der Waals surface area contributed by atoms with Gasteiger partial charge in [0.25, 0.3) is 0 Å². The number of aliphatic hydroxyl groups is 1. The van der Waals surface area contributed by atoms with Gasteiger partial charge >= 0.3 is 7.82 Å². The van der Waals surface area contributed by atoms with E-state index in [1.54, 1.807) is 0 Å². The maximum Gasteiger partial charge on any atom is 0.472 e. The van der Waals surface area contributed by atoms with Gasteiger partial charge in [-0.25, -0.2) is 4.57 Å². The highest BCUT2D eigenvalue weighted by Crippen LogP contribution is 2.43. The predicted octanol–water partition coefficient (Wildman–Crippen LogP) is 12.0.